The number of halogens is 3. The molecule has 1 aliphatic rings. The van der Waals surface area contributed by atoms with E-state index in [9.17, 15) is 27.9 Å². The van der Waals surface area contributed by atoms with Crippen LogP contribution >= 0.6 is 0 Å². The van der Waals surface area contributed by atoms with Crippen molar-refractivity contribution in [2.45, 2.75) is 19.0 Å². The summed E-state index contributed by atoms with van der Waals surface area (Å²) in [6.45, 7) is -2.32. The van der Waals surface area contributed by atoms with Crippen molar-refractivity contribution < 1.29 is 32.6 Å². The molecular formula is C24H19F3N2O4. The zero-order chi connectivity index (χ0) is 23.6. The van der Waals surface area contributed by atoms with E-state index in [2.05, 4.69) is 0 Å². The van der Waals surface area contributed by atoms with Gasteiger partial charge in [0.2, 0.25) is 0 Å². The van der Waals surface area contributed by atoms with Crippen LogP contribution in [0.1, 0.15) is 33.6 Å². The average molecular weight is 456 g/mol. The maximum absolute atomic E-state index is 12.9. The Labute approximate surface area is 186 Å². The first-order chi connectivity index (χ1) is 15.7. The summed E-state index contributed by atoms with van der Waals surface area (Å²) in [4.78, 5) is 29.3. The van der Waals surface area contributed by atoms with Crippen LogP contribution < -0.4 is 5.32 Å². The van der Waals surface area contributed by atoms with Crippen LogP contribution in [0, 0.1) is 0 Å². The number of hydrogen-bond acceptors (Lipinski definition) is 5. The highest BCUT2D eigenvalue weighted by Gasteiger charge is 2.29. The van der Waals surface area contributed by atoms with Crippen molar-refractivity contribution in [1.82, 2.24) is 10.3 Å². The fraction of sp³-hybridized carbons (Fsp3) is 0.208. The number of hydrogen-bond donors (Lipinski definition) is 2. The van der Waals surface area contributed by atoms with Gasteiger partial charge in [-0.25, -0.2) is 9.78 Å². The highest BCUT2D eigenvalue weighted by Crippen LogP contribution is 2.37. The zero-order valence-electron chi connectivity index (χ0n) is 17.3. The summed E-state index contributed by atoms with van der Waals surface area (Å²) in [7, 11) is 0. The number of carbonyl (C=O) groups is 2. The Kier molecular flexibility index (Phi) is 6.04. The van der Waals surface area contributed by atoms with E-state index in [-0.39, 0.29) is 11.3 Å². The molecule has 6 nitrogen and oxygen atoms in total. The lowest BCUT2D eigenvalue weighted by Crippen LogP contribution is -2.36. The van der Waals surface area contributed by atoms with Crippen molar-refractivity contribution in [2.24, 2.45) is 0 Å². The number of allylic oxidation sites excluding steroid dienone is 1. The first-order valence-electron chi connectivity index (χ1n) is 10.1. The molecule has 9 heteroatoms. The van der Waals surface area contributed by atoms with Gasteiger partial charge in [-0.15, -0.1) is 0 Å². The number of fused-ring (bicyclic) bond motifs is 2. The van der Waals surface area contributed by atoms with Crippen LogP contribution in [0.25, 0.3) is 22.6 Å². The molecule has 0 atom stereocenters. The number of aromatic nitrogens is 1. The quantitative estimate of drug-likeness (QED) is 0.560. The minimum Gasteiger partial charge on any atom is -0.508 e. The molecule has 2 aromatic carbocycles. The highest BCUT2D eigenvalue weighted by atomic mass is 19.4. The summed E-state index contributed by atoms with van der Waals surface area (Å²) < 4.78 is 41.9. The second kappa shape index (κ2) is 8.93. The Balaban J connectivity index is 1.64. The number of aromatic hydroxyl groups is 1. The van der Waals surface area contributed by atoms with E-state index in [0.717, 1.165) is 11.1 Å². The molecule has 1 amide bonds. The lowest BCUT2D eigenvalue weighted by molar-refractivity contribution is -0.140. The number of rotatable bonds is 5. The predicted octanol–water partition coefficient (Wildman–Crippen LogP) is 4.26. The van der Waals surface area contributed by atoms with Crippen LogP contribution in [-0.2, 0) is 16.0 Å². The molecule has 1 heterocycles. The van der Waals surface area contributed by atoms with Gasteiger partial charge in [0.15, 0.2) is 6.61 Å². The van der Waals surface area contributed by atoms with Gasteiger partial charge in [-0.2, -0.15) is 13.2 Å². The lowest BCUT2D eigenvalue weighted by atomic mass is 10.0. The van der Waals surface area contributed by atoms with E-state index in [4.69, 9.17) is 9.72 Å². The van der Waals surface area contributed by atoms with Crippen LogP contribution in [0.4, 0.5) is 13.2 Å². The summed E-state index contributed by atoms with van der Waals surface area (Å²) in [6.07, 6.45) is -1.50. The molecule has 1 aromatic heterocycles. The standard InChI is InChI=1S/C24H19F3N2O4/c25-24(26,27)13-28-20(31)12-33-23(32)21-17-3-1-2-4-19(17)29-22-15(7-10-18(21)22)11-14-5-8-16(30)9-6-14/h1-6,8-9,11,30H,7,10,12-13H2,(H,28,31). The van der Waals surface area contributed by atoms with E-state index in [1.165, 1.54) is 0 Å². The number of benzene rings is 2. The molecule has 33 heavy (non-hydrogen) atoms. The molecule has 0 spiro atoms. The summed E-state index contributed by atoms with van der Waals surface area (Å²) >= 11 is 0. The van der Waals surface area contributed by atoms with Crippen molar-refractivity contribution in [1.29, 1.82) is 0 Å². The van der Waals surface area contributed by atoms with Crippen molar-refractivity contribution in [3.05, 3.63) is 70.9 Å². The molecule has 0 aliphatic heterocycles. The Bertz CT molecular complexity index is 1250. The maximum Gasteiger partial charge on any atom is 0.405 e. The smallest absolute Gasteiger partial charge is 0.405 e. The van der Waals surface area contributed by atoms with Gasteiger partial charge in [-0.05, 0) is 53.8 Å². The Morgan fingerprint density at radius 3 is 2.55 bits per heavy atom. The molecule has 0 bridgehead atoms. The topological polar surface area (TPSA) is 88.5 Å². The second-order valence-electron chi connectivity index (χ2n) is 7.56. The number of esters is 1. The Morgan fingerprint density at radius 1 is 1.09 bits per heavy atom. The van der Waals surface area contributed by atoms with Crippen LogP contribution in [0.2, 0.25) is 0 Å². The minimum absolute atomic E-state index is 0.150. The summed E-state index contributed by atoms with van der Waals surface area (Å²) in [5, 5.41) is 11.7. The van der Waals surface area contributed by atoms with Crippen LogP contribution in [0.5, 0.6) is 5.75 Å². The highest BCUT2D eigenvalue weighted by molar-refractivity contribution is 6.07. The van der Waals surface area contributed by atoms with Gasteiger partial charge in [0.1, 0.15) is 12.3 Å². The van der Waals surface area contributed by atoms with Crippen LogP contribution in [0.15, 0.2) is 48.5 Å². The van der Waals surface area contributed by atoms with Gasteiger partial charge < -0.3 is 15.2 Å². The van der Waals surface area contributed by atoms with Crippen LogP contribution in [0.3, 0.4) is 0 Å². The van der Waals surface area contributed by atoms with Gasteiger partial charge >= 0.3 is 12.1 Å². The van der Waals surface area contributed by atoms with E-state index < -0.39 is 31.2 Å². The fourth-order valence-corrected chi connectivity index (χ4v) is 3.74. The summed E-state index contributed by atoms with van der Waals surface area (Å²) in [5.41, 5.74) is 3.88. The number of ether oxygens (including phenoxy) is 1. The number of phenols is 1. The minimum atomic E-state index is -4.55. The summed E-state index contributed by atoms with van der Waals surface area (Å²) in [5.74, 6) is -1.68. The molecule has 2 N–H and O–H groups in total. The number of para-hydroxylation sites is 1. The third-order valence-corrected chi connectivity index (χ3v) is 5.20. The number of alkyl halides is 3. The van der Waals surface area contributed by atoms with Crippen LogP contribution in [-0.4, -0.2) is 41.3 Å². The SMILES string of the molecule is O=C(COC(=O)c1c2c(nc3ccccc13)C(=Cc1ccc(O)cc1)CC2)NCC(F)(F)F. The number of amides is 1. The van der Waals surface area contributed by atoms with Crippen molar-refractivity contribution >= 4 is 34.4 Å². The van der Waals surface area contributed by atoms with E-state index in [1.807, 2.05) is 6.08 Å². The molecule has 0 saturated carbocycles. The van der Waals surface area contributed by atoms with E-state index >= 15 is 0 Å². The molecular weight excluding hydrogens is 437 g/mol. The third kappa shape index (κ3) is 5.14. The Hall–Kier alpha value is -3.88. The number of phenolic OH excluding ortho intramolecular Hbond substituents is 1. The molecule has 3 aromatic rings. The molecule has 0 fully saturated rings. The van der Waals surface area contributed by atoms with E-state index in [1.54, 1.807) is 53.8 Å². The zero-order valence-corrected chi connectivity index (χ0v) is 17.3. The average Bonchev–Trinajstić information content (AvgIpc) is 3.17. The first kappa shape index (κ1) is 22.3. The number of pyridine rings is 1. The van der Waals surface area contributed by atoms with E-state index in [0.29, 0.717) is 35.0 Å². The fourth-order valence-electron chi connectivity index (χ4n) is 3.74. The number of carbonyl (C=O) groups excluding carboxylic acids is 2. The maximum atomic E-state index is 12.9. The molecule has 4 rings (SSSR count). The van der Waals surface area contributed by atoms with Gasteiger partial charge in [0.05, 0.1) is 16.8 Å². The first-order valence-corrected chi connectivity index (χ1v) is 10.1. The summed E-state index contributed by atoms with van der Waals surface area (Å²) in [6, 6.07) is 13.6. The third-order valence-electron chi connectivity index (χ3n) is 5.20. The van der Waals surface area contributed by atoms with Gasteiger partial charge in [0.25, 0.3) is 5.91 Å². The molecule has 0 saturated heterocycles. The van der Waals surface area contributed by atoms with Gasteiger partial charge in [-0.1, -0.05) is 30.3 Å². The predicted molar refractivity (Wildman–Crippen MR) is 115 cm³/mol. The molecule has 0 unspecified atom stereocenters. The van der Waals surface area contributed by atoms with Gasteiger partial charge in [0, 0.05) is 5.39 Å². The monoisotopic (exact) mass is 456 g/mol. The Morgan fingerprint density at radius 2 is 1.82 bits per heavy atom. The van der Waals surface area contributed by atoms with Gasteiger partial charge in [-0.3, -0.25) is 4.79 Å². The number of nitrogens with one attached hydrogen (secondary N) is 1. The van der Waals surface area contributed by atoms with Crippen molar-refractivity contribution in [2.75, 3.05) is 13.2 Å². The molecule has 170 valence electrons. The second-order valence-corrected chi connectivity index (χ2v) is 7.56. The number of nitrogens with zero attached hydrogens (tertiary/aromatic N) is 1. The van der Waals surface area contributed by atoms with Crippen molar-refractivity contribution in [3.8, 4) is 5.75 Å². The molecule has 0 radical (unpaired) electrons. The molecule has 1 aliphatic carbocycles. The lowest BCUT2D eigenvalue weighted by Gasteiger charge is -2.13. The van der Waals surface area contributed by atoms with Crippen molar-refractivity contribution in [3.63, 3.8) is 0 Å². The normalized spacial score (nSPS) is 14.3. The largest absolute Gasteiger partial charge is 0.508 e.